The van der Waals surface area contributed by atoms with Crippen LogP contribution in [0, 0.1) is 12.8 Å². The Morgan fingerprint density at radius 2 is 2.16 bits per heavy atom. The molecule has 2 rings (SSSR count). The Balaban J connectivity index is 1.60. The van der Waals surface area contributed by atoms with Crippen molar-refractivity contribution in [2.75, 3.05) is 13.2 Å². The van der Waals surface area contributed by atoms with Crippen molar-refractivity contribution in [1.29, 1.82) is 0 Å². The predicted octanol–water partition coefficient (Wildman–Crippen LogP) is 1.65. The zero-order valence-corrected chi connectivity index (χ0v) is 11.3. The quantitative estimate of drug-likeness (QED) is 0.820. The van der Waals surface area contributed by atoms with Gasteiger partial charge in [0, 0.05) is 6.54 Å². The Morgan fingerprint density at radius 1 is 1.42 bits per heavy atom. The number of carbonyl (C=O) groups excluding carboxylic acids is 1. The van der Waals surface area contributed by atoms with E-state index in [4.69, 9.17) is 9.84 Å². The number of para-hydroxylation sites is 1. The van der Waals surface area contributed by atoms with Crippen LogP contribution >= 0.6 is 0 Å². The minimum absolute atomic E-state index is 0.00924. The molecule has 1 amide bonds. The van der Waals surface area contributed by atoms with Crippen LogP contribution in [0.1, 0.15) is 24.8 Å². The molecule has 1 aliphatic carbocycles. The van der Waals surface area contributed by atoms with Crippen LogP contribution in [0.4, 0.5) is 0 Å². The lowest BCUT2D eigenvalue weighted by Crippen LogP contribution is -2.38. The fourth-order valence-electron chi connectivity index (χ4n) is 2.19. The number of carbonyl (C=O) groups is 1. The van der Waals surface area contributed by atoms with Gasteiger partial charge in [0.25, 0.3) is 0 Å². The second-order valence-electron chi connectivity index (χ2n) is 5.16. The lowest BCUT2D eigenvalue weighted by molar-refractivity contribution is -0.122. The highest BCUT2D eigenvalue weighted by molar-refractivity contribution is 5.76. The Hall–Kier alpha value is -1.55. The molecule has 0 radical (unpaired) electrons. The number of hydrogen-bond donors (Lipinski definition) is 2. The first-order chi connectivity index (χ1) is 9.15. The number of aliphatic hydroxyl groups excluding tert-OH is 1. The Labute approximate surface area is 113 Å². The largest absolute Gasteiger partial charge is 0.493 e. The molecule has 4 nitrogen and oxygen atoms in total. The first kappa shape index (κ1) is 13.9. The van der Waals surface area contributed by atoms with E-state index in [0.29, 0.717) is 25.5 Å². The third-order valence-corrected chi connectivity index (χ3v) is 3.48. The molecule has 0 unspecified atom stereocenters. The molecule has 104 valence electrons. The van der Waals surface area contributed by atoms with Gasteiger partial charge in [-0.1, -0.05) is 18.2 Å². The summed E-state index contributed by atoms with van der Waals surface area (Å²) in [4.78, 5) is 11.6. The maximum Gasteiger partial charge on any atom is 0.223 e. The molecule has 0 atom stereocenters. The lowest BCUT2D eigenvalue weighted by Gasteiger charge is -2.31. The van der Waals surface area contributed by atoms with Gasteiger partial charge in [-0.15, -0.1) is 0 Å². The summed E-state index contributed by atoms with van der Waals surface area (Å²) in [5.74, 6) is 1.28. The number of rotatable bonds is 6. The van der Waals surface area contributed by atoms with Gasteiger partial charge in [0.2, 0.25) is 5.91 Å². The molecular formula is C15H21NO3. The summed E-state index contributed by atoms with van der Waals surface area (Å²) in [6.45, 7) is 3.04. The Kier molecular flexibility index (Phi) is 4.80. The number of aryl methyl sites for hydroxylation is 1. The molecule has 1 aliphatic rings. The number of amides is 1. The molecule has 2 N–H and O–H groups in total. The topological polar surface area (TPSA) is 58.6 Å². The number of nitrogens with one attached hydrogen (secondary N) is 1. The number of ether oxygens (including phenoxy) is 1. The van der Waals surface area contributed by atoms with Gasteiger partial charge >= 0.3 is 0 Å². The van der Waals surface area contributed by atoms with E-state index in [0.717, 1.165) is 24.2 Å². The average Bonchev–Trinajstić information content (AvgIpc) is 2.35. The number of hydrogen-bond acceptors (Lipinski definition) is 3. The highest BCUT2D eigenvalue weighted by Crippen LogP contribution is 2.26. The van der Waals surface area contributed by atoms with Crippen molar-refractivity contribution in [3.05, 3.63) is 29.8 Å². The van der Waals surface area contributed by atoms with Crippen LogP contribution in [0.15, 0.2) is 24.3 Å². The van der Waals surface area contributed by atoms with Gasteiger partial charge in [-0.2, -0.15) is 0 Å². The summed E-state index contributed by atoms with van der Waals surface area (Å²) < 4.78 is 5.57. The van der Waals surface area contributed by atoms with Crippen molar-refractivity contribution in [2.24, 2.45) is 5.92 Å². The third kappa shape index (κ3) is 4.24. The Bertz CT molecular complexity index is 427. The standard InChI is InChI=1S/C15H21NO3/c1-11-4-2-3-5-14(11)19-7-6-15(18)16-10-12-8-13(17)9-12/h2-5,12-13,17H,6-10H2,1H3,(H,16,18). The second-order valence-corrected chi connectivity index (χ2v) is 5.16. The molecule has 4 heteroatoms. The first-order valence-corrected chi connectivity index (χ1v) is 6.78. The molecule has 1 saturated carbocycles. The zero-order valence-electron chi connectivity index (χ0n) is 11.3. The summed E-state index contributed by atoms with van der Waals surface area (Å²) in [6.07, 6.45) is 1.81. The van der Waals surface area contributed by atoms with Gasteiger partial charge in [-0.3, -0.25) is 4.79 Å². The van der Waals surface area contributed by atoms with Gasteiger partial charge < -0.3 is 15.2 Å². The monoisotopic (exact) mass is 263 g/mol. The molecule has 1 aromatic carbocycles. The number of benzene rings is 1. The van der Waals surface area contributed by atoms with Crippen LogP contribution in [0.2, 0.25) is 0 Å². The van der Waals surface area contributed by atoms with Gasteiger partial charge in [-0.25, -0.2) is 0 Å². The van der Waals surface area contributed by atoms with Crippen LogP contribution in [0.25, 0.3) is 0 Å². The van der Waals surface area contributed by atoms with Crippen molar-refractivity contribution >= 4 is 5.91 Å². The van der Waals surface area contributed by atoms with Crippen molar-refractivity contribution in [3.8, 4) is 5.75 Å². The van der Waals surface area contributed by atoms with Crippen LogP contribution in [-0.4, -0.2) is 30.3 Å². The third-order valence-electron chi connectivity index (χ3n) is 3.48. The molecule has 0 aromatic heterocycles. The summed E-state index contributed by atoms with van der Waals surface area (Å²) in [5.41, 5.74) is 1.08. The molecule has 0 spiro atoms. The summed E-state index contributed by atoms with van der Waals surface area (Å²) in [7, 11) is 0. The van der Waals surface area contributed by atoms with E-state index in [2.05, 4.69) is 5.32 Å². The minimum Gasteiger partial charge on any atom is -0.493 e. The smallest absolute Gasteiger partial charge is 0.223 e. The Morgan fingerprint density at radius 3 is 2.84 bits per heavy atom. The van der Waals surface area contributed by atoms with E-state index in [1.807, 2.05) is 31.2 Å². The normalized spacial score (nSPS) is 21.6. The van der Waals surface area contributed by atoms with E-state index in [1.54, 1.807) is 0 Å². The van der Waals surface area contributed by atoms with E-state index in [1.165, 1.54) is 0 Å². The average molecular weight is 263 g/mol. The predicted molar refractivity (Wildman–Crippen MR) is 73.0 cm³/mol. The maximum absolute atomic E-state index is 11.6. The van der Waals surface area contributed by atoms with Crippen molar-refractivity contribution in [2.45, 2.75) is 32.3 Å². The zero-order chi connectivity index (χ0) is 13.7. The maximum atomic E-state index is 11.6. The van der Waals surface area contributed by atoms with Crippen molar-refractivity contribution in [3.63, 3.8) is 0 Å². The van der Waals surface area contributed by atoms with Crippen LogP contribution in [-0.2, 0) is 4.79 Å². The SMILES string of the molecule is Cc1ccccc1OCCC(=O)NCC1CC(O)C1. The molecule has 19 heavy (non-hydrogen) atoms. The van der Waals surface area contributed by atoms with Crippen molar-refractivity contribution in [1.82, 2.24) is 5.32 Å². The van der Waals surface area contributed by atoms with Gasteiger partial charge in [0.05, 0.1) is 19.1 Å². The van der Waals surface area contributed by atoms with Gasteiger partial charge in [-0.05, 0) is 37.3 Å². The second kappa shape index (κ2) is 6.57. The van der Waals surface area contributed by atoms with E-state index < -0.39 is 0 Å². The fourth-order valence-corrected chi connectivity index (χ4v) is 2.19. The van der Waals surface area contributed by atoms with Crippen LogP contribution < -0.4 is 10.1 Å². The van der Waals surface area contributed by atoms with Crippen molar-refractivity contribution < 1.29 is 14.6 Å². The summed E-state index contributed by atoms with van der Waals surface area (Å²) in [6, 6.07) is 7.77. The summed E-state index contributed by atoms with van der Waals surface area (Å²) >= 11 is 0. The number of aliphatic hydroxyl groups is 1. The van der Waals surface area contributed by atoms with Gasteiger partial charge in [0.15, 0.2) is 0 Å². The van der Waals surface area contributed by atoms with E-state index in [-0.39, 0.29) is 12.0 Å². The first-order valence-electron chi connectivity index (χ1n) is 6.78. The summed E-state index contributed by atoms with van der Waals surface area (Å²) in [5, 5.41) is 12.0. The highest BCUT2D eigenvalue weighted by atomic mass is 16.5. The highest BCUT2D eigenvalue weighted by Gasteiger charge is 2.26. The molecule has 1 aromatic rings. The molecule has 0 heterocycles. The molecule has 0 bridgehead atoms. The lowest BCUT2D eigenvalue weighted by atomic mass is 9.82. The molecule has 0 aliphatic heterocycles. The minimum atomic E-state index is -0.161. The van der Waals surface area contributed by atoms with E-state index >= 15 is 0 Å². The van der Waals surface area contributed by atoms with E-state index in [9.17, 15) is 4.79 Å². The van der Waals surface area contributed by atoms with Crippen LogP contribution in [0.5, 0.6) is 5.75 Å². The van der Waals surface area contributed by atoms with Crippen LogP contribution in [0.3, 0.4) is 0 Å². The van der Waals surface area contributed by atoms with Gasteiger partial charge in [0.1, 0.15) is 5.75 Å². The fraction of sp³-hybridized carbons (Fsp3) is 0.533. The molecule has 1 fully saturated rings. The molecule has 0 saturated heterocycles. The molecular weight excluding hydrogens is 242 g/mol.